The van der Waals surface area contributed by atoms with Crippen molar-refractivity contribution in [2.75, 3.05) is 32.4 Å². The van der Waals surface area contributed by atoms with E-state index in [2.05, 4.69) is 32.4 Å². The molecule has 1 atom stereocenters. The van der Waals surface area contributed by atoms with Crippen LogP contribution in [0.3, 0.4) is 0 Å². The lowest BCUT2D eigenvalue weighted by atomic mass is 10.1. The van der Waals surface area contributed by atoms with E-state index in [1.54, 1.807) is 0 Å². The third-order valence-corrected chi connectivity index (χ3v) is 2.45. The first kappa shape index (κ1) is 9.42. The zero-order valence-corrected chi connectivity index (χ0v) is 8.32. The number of nitrogen functional groups attached to an aromatic ring is 1. The molecule has 14 heavy (non-hydrogen) atoms. The van der Waals surface area contributed by atoms with Crippen molar-refractivity contribution in [2.24, 2.45) is 0 Å². The van der Waals surface area contributed by atoms with Crippen LogP contribution in [-0.2, 0) is 6.42 Å². The van der Waals surface area contributed by atoms with Crippen LogP contribution in [0.15, 0.2) is 0 Å². The van der Waals surface area contributed by atoms with Gasteiger partial charge in [-0.3, -0.25) is 5.10 Å². The van der Waals surface area contributed by atoms with E-state index in [0.717, 1.165) is 31.9 Å². The summed E-state index contributed by atoms with van der Waals surface area (Å²) >= 11 is 0. The zero-order valence-electron chi connectivity index (χ0n) is 8.32. The quantitative estimate of drug-likeness (QED) is 0.555. The first-order valence-electron chi connectivity index (χ1n) is 4.83. The number of nitrogens with one attached hydrogen (secondary N) is 2. The molecule has 0 amide bonds. The fourth-order valence-corrected chi connectivity index (χ4v) is 1.76. The summed E-state index contributed by atoms with van der Waals surface area (Å²) in [5.74, 6) is 1.18. The van der Waals surface area contributed by atoms with Crippen LogP contribution < -0.4 is 11.1 Å². The molecule has 4 N–H and O–H groups in total. The lowest BCUT2D eigenvalue weighted by molar-refractivity contribution is 0.236. The van der Waals surface area contributed by atoms with Crippen molar-refractivity contribution < 1.29 is 0 Å². The van der Waals surface area contributed by atoms with E-state index in [1.807, 2.05) is 0 Å². The topological polar surface area (TPSA) is 82.9 Å². The van der Waals surface area contributed by atoms with Crippen molar-refractivity contribution in [3.05, 3.63) is 5.82 Å². The highest BCUT2D eigenvalue weighted by atomic mass is 15.3. The second-order valence-corrected chi connectivity index (χ2v) is 3.76. The van der Waals surface area contributed by atoms with Gasteiger partial charge in [0.2, 0.25) is 5.95 Å². The SMILES string of the molecule is CN1CCNC(Cc2nc(N)n[nH]2)C1. The van der Waals surface area contributed by atoms with Gasteiger partial charge in [-0.25, -0.2) is 0 Å². The predicted molar refractivity (Wildman–Crippen MR) is 53.8 cm³/mol. The average Bonchev–Trinajstić information content (AvgIpc) is 2.51. The normalized spacial score (nSPS) is 23.9. The van der Waals surface area contributed by atoms with E-state index in [1.165, 1.54) is 0 Å². The predicted octanol–water partition coefficient (Wildman–Crippen LogP) is -1.17. The number of piperazine rings is 1. The minimum absolute atomic E-state index is 0.323. The van der Waals surface area contributed by atoms with E-state index in [0.29, 0.717) is 12.0 Å². The largest absolute Gasteiger partial charge is 0.367 e. The highest BCUT2D eigenvalue weighted by Crippen LogP contribution is 2.03. The number of rotatable bonds is 2. The summed E-state index contributed by atoms with van der Waals surface area (Å²) in [4.78, 5) is 6.39. The van der Waals surface area contributed by atoms with E-state index in [-0.39, 0.29) is 0 Å². The highest BCUT2D eigenvalue weighted by molar-refractivity contribution is 5.13. The summed E-state index contributed by atoms with van der Waals surface area (Å²) in [6.07, 6.45) is 0.856. The summed E-state index contributed by atoms with van der Waals surface area (Å²) in [7, 11) is 2.13. The van der Waals surface area contributed by atoms with Gasteiger partial charge in [-0.05, 0) is 7.05 Å². The lowest BCUT2D eigenvalue weighted by Crippen LogP contribution is -2.50. The number of anilines is 1. The van der Waals surface area contributed by atoms with Crippen LogP contribution in [-0.4, -0.2) is 52.8 Å². The molecular weight excluding hydrogens is 180 g/mol. The van der Waals surface area contributed by atoms with E-state index in [9.17, 15) is 0 Å². The molecule has 1 aliphatic rings. The Hall–Kier alpha value is -1.14. The Morgan fingerprint density at radius 2 is 2.50 bits per heavy atom. The summed E-state index contributed by atoms with van der Waals surface area (Å²) in [5, 5.41) is 10.1. The molecule has 2 rings (SSSR count). The third kappa shape index (κ3) is 2.21. The molecule has 0 saturated carbocycles. The molecule has 1 aromatic rings. The molecule has 0 spiro atoms. The maximum atomic E-state index is 5.43. The number of likely N-dealkylation sites (N-methyl/N-ethyl adjacent to an activating group) is 1. The van der Waals surface area contributed by atoms with Crippen LogP contribution in [0.4, 0.5) is 5.95 Å². The van der Waals surface area contributed by atoms with Gasteiger partial charge < -0.3 is 16.0 Å². The Balaban J connectivity index is 1.90. The molecule has 0 aromatic carbocycles. The number of H-pyrrole nitrogens is 1. The molecule has 1 saturated heterocycles. The molecule has 1 aromatic heterocycles. The van der Waals surface area contributed by atoms with Crippen LogP contribution in [0.5, 0.6) is 0 Å². The smallest absolute Gasteiger partial charge is 0.239 e. The Morgan fingerprint density at radius 1 is 1.64 bits per heavy atom. The number of nitrogens with zero attached hydrogens (tertiary/aromatic N) is 3. The first-order chi connectivity index (χ1) is 6.74. The van der Waals surface area contributed by atoms with Gasteiger partial charge in [-0.15, -0.1) is 5.10 Å². The Morgan fingerprint density at radius 3 is 3.14 bits per heavy atom. The van der Waals surface area contributed by atoms with Gasteiger partial charge >= 0.3 is 0 Å². The third-order valence-electron chi connectivity index (χ3n) is 2.45. The van der Waals surface area contributed by atoms with E-state index >= 15 is 0 Å². The number of hydrogen-bond donors (Lipinski definition) is 3. The number of hydrogen-bond acceptors (Lipinski definition) is 5. The molecule has 0 aliphatic carbocycles. The maximum absolute atomic E-state index is 5.43. The molecule has 1 aliphatic heterocycles. The molecular formula is C8H16N6. The average molecular weight is 196 g/mol. The lowest BCUT2D eigenvalue weighted by Gasteiger charge is -2.30. The van der Waals surface area contributed by atoms with Gasteiger partial charge in [0.25, 0.3) is 0 Å². The van der Waals surface area contributed by atoms with Crippen molar-refractivity contribution >= 4 is 5.95 Å². The number of nitrogens with two attached hydrogens (primary N) is 1. The molecule has 0 bridgehead atoms. The molecule has 1 fully saturated rings. The van der Waals surface area contributed by atoms with Crippen molar-refractivity contribution in [3.63, 3.8) is 0 Å². The van der Waals surface area contributed by atoms with Crippen LogP contribution in [0.25, 0.3) is 0 Å². The minimum Gasteiger partial charge on any atom is -0.367 e. The highest BCUT2D eigenvalue weighted by Gasteiger charge is 2.17. The van der Waals surface area contributed by atoms with E-state index < -0.39 is 0 Å². The zero-order chi connectivity index (χ0) is 9.97. The molecule has 6 nitrogen and oxygen atoms in total. The van der Waals surface area contributed by atoms with Crippen LogP contribution in [0.1, 0.15) is 5.82 Å². The first-order valence-corrected chi connectivity index (χ1v) is 4.83. The second-order valence-electron chi connectivity index (χ2n) is 3.76. The maximum Gasteiger partial charge on any atom is 0.239 e. The standard InChI is InChI=1S/C8H16N6/c1-14-3-2-10-6(5-14)4-7-11-8(9)13-12-7/h6,10H,2-5H2,1H3,(H3,9,11,12,13). The van der Waals surface area contributed by atoms with Gasteiger partial charge in [0.15, 0.2) is 0 Å². The number of aromatic nitrogens is 3. The molecule has 0 radical (unpaired) electrons. The monoisotopic (exact) mass is 196 g/mol. The van der Waals surface area contributed by atoms with Crippen molar-refractivity contribution in [1.82, 2.24) is 25.4 Å². The number of aromatic amines is 1. The van der Waals surface area contributed by atoms with Crippen molar-refractivity contribution in [1.29, 1.82) is 0 Å². The Bertz CT molecular complexity index is 296. The fraction of sp³-hybridized carbons (Fsp3) is 0.750. The van der Waals surface area contributed by atoms with Crippen LogP contribution >= 0.6 is 0 Å². The van der Waals surface area contributed by atoms with Gasteiger partial charge in [-0.1, -0.05) is 0 Å². The molecule has 78 valence electrons. The Kier molecular flexibility index (Phi) is 2.64. The van der Waals surface area contributed by atoms with Crippen LogP contribution in [0, 0.1) is 0 Å². The van der Waals surface area contributed by atoms with Crippen molar-refractivity contribution in [2.45, 2.75) is 12.5 Å². The molecule has 1 unspecified atom stereocenters. The summed E-state index contributed by atoms with van der Waals surface area (Å²) in [6.45, 7) is 3.18. The van der Waals surface area contributed by atoms with Crippen LogP contribution in [0.2, 0.25) is 0 Å². The summed E-state index contributed by atoms with van der Waals surface area (Å²) in [5.41, 5.74) is 5.43. The van der Waals surface area contributed by atoms with Crippen molar-refractivity contribution in [3.8, 4) is 0 Å². The van der Waals surface area contributed by atoms with Gasteiger partial charge in [0.1, 0.15) is 5.82 Å². The summed E-state index contributed by atoms with van der Waals surface area (Å²) in [6, 6.07) is 0.445. The van der Waals surface area contributed by atoms with Gasteiger partial charge in [0, 0.05) is 32.1 Å². The fourth-order valence-electron chi connectivity index (χ4n) is 1.76. The van der Waals surface area contributed by atoms with Gasteiger partial charge in [-0.2, -0.15) is 4.98 Å². The van der Waals surface area contributed by atoms with Gasteiger partial charge in [0.05, 0.1) is 0 Å². The second kappa shape index (κ2) is 3.93. The molecule has 2 heterocycles. The minimum atomic E-state index is 0.323. The Labute approximate surface area is 82.9 Å². The molecule has 6 heteroatoms. The summed E-state index contributed by atoms with van der Waals surface area (Å²) < 4.78 is 0. The van der Waals surface area contributed by atoms with E-state index in [4.69, 9.17) is 5.73 Å².